The SMILES string of the molecule is COC(=O)C(CC[S+](C)C)NC(=O)OCc1ccccc1. The number of amides is 1. The van der Waals surface area contributed by atoms with E-state index in [0.29, 0.717) is 6.42 Å². The van der Waals surface area contributed by atoms with Gasteiger partial charge < -0.3 is 14.8 Å². The van der Waals surface area contributed by atoms with Gasteiger partial charge in [0.2, 0.25) is 0 Å². The molecule has 0 fully saturated rings. The van der Waals surface area contributed by atoms with Crippen molar-refractivity contribution >= 4 is 23.0 Å². The molecule has 0 aromatic heterocycles. The van der Waals surface area contributed by atoms with E-state index in [4.69, 9.17) is 9.47 Å². The number of carbonyl (C=O) groups is 2. The van der Waals surface area contributed by atoms with Crippen LogP contribution in [-0.2, 0) is 31.8 Å². The third-order valence-electron chi connectivity index (χ3n) is 2.81. The standard InChI is InChI=1S/C15H21NO4S/c1-19-14(17)13(9-10-21(2)3)16-15(18)20-11-12-7-5-4-6-8-12/h4-8,13H,9-11H2,1-3H3/p+1. The predicted molar refractivity (Wildman–Crippen MR) is 84.3 cm³/mol. The molecule has 1 amide bonds. The van der Waals surface area contributed by atoms with Gasteiger partial charge in [-0.25, -0.2) is 9.59 Å². The molecule has 6 heteroatoms. The maximum absolute atomic E-state index is 11.8. The first-order valence-electron chi connectivity index (χ1n) is 6.62. The molecular weight excluding hydrogens is 290 g/mol. The summed E-state index contributed by atoms with van der Waals surface area (Å²) in [5, 5.41) is 2.56. The number of hydrogen-bond donors (Lipinski definition) is 1. The lowest BCUT2D eigenvalue weighted by molar-refractivity contribution is -0.143. The third-order valence-corrected chi connectivity index (χ3v) is 3.86. The smallest absolute Gasteiger partial charge is 0.408 e. The minimum Gasteiger partial charge on any atom is -0.467 e. The molecular formula is C15H22NO4S+. The Balaban J connectivity index is 2.45. The lowest BCUT2D eigenvalue weighted by Crippen LogP contribution is -2.42. The Hall–Kier alpha value is -1.69. The van der Waals surface area contributed by atoms with Gasteiger partial charge in [-0.2, -0.15) is 0 Å². The number of rotatable bonds is 7. The molecule has 0 bridgehead atoms. The monoisotopic (exact) mass is 312 g/mol. The van der Waals surface area contributed by atoms with E-state index in [9.17, 15) is 9.59 Å². The van der Waals surface area contributed by atoms with Crippen LogP contribution in [0.5, 0.6) is 0 Å². The largest absolute Gasteiger partial charge is 0.467 e. The second kappa shape index (κ2) is 9.28. The second-order valence-corrected chi connectivity index (χ2v) is 7.14. The summed E-state index contributed by atoms with van der Waals surface area (Å²) >= 11 is 0. The second-order valence-electron chi connectivity index (χ2n) is 4.76. The van der Waals surface area contributed by atoms with Gasteiger partial charge in [-0.15, -0.1) is 0 Å². The highest BCUT2D eigenvalue weighted by Gasteiger charge is 2.24. The molecule has 0 heterocycles. The van der Waals surface area contributed by atoms with Crippen LogP contribution in [0.1, 0.15) is 12.0 Å². The van der Waals surface area contributed by atoms with Crippen molar-refractivity contribution in [2.24, 2.45) is 0 Å². The highest BCUT2D eigenvalue weighted by Crippen LogP contribution is 2.03. The number of carbonyl (C=O) groups excluding carboxylic acids is 2. The summed E-state index contributed by atoms with van der Waals surface area (Å²) in [5.41, 5.74) is 0.894. The van der Waals surface area contributed by atoms with E-state index in [-0.39, 0.29) is 17.5 Å². The summed E-state index contributed by atoms with van der Waals surface area (Å²) in [6, 6.07) is 8.71. The summed E-state index contributed by atoms with van der Waals surface area (Å²) in [6.07, 6.45) is 4.11. The Labute approximate surface area is 128 Å². The summed E-state index contributed by atoms with van der Waals surface area (Å²) < 4.78 is 9.81. The van der Waals surface area contributed by atoms with Crippen molar-refractivity contribution in [3.63, 3.8) is 0 Å². The van der Waals surface area contributed by atoms with Crippen LogP contribution in [0, 0.1) is 0 Å². The molecule has 0 aliphatic heterocycles. The van der Waals surface area contributed by atoms with Crippen LogP contribution in [0.3, 0.4) is 0 Å². The van der Waals surface area contributed by atoms with Crippen molar-refractivity contribution < 1.29 is 19.1 Å². The molecule has 1 unspecified atom stereocenters. The first-order chi connectivity index (χ1) is 10.0. The van der Waals surface area contributed by atoms with Crippen molar-refractivity contribution in [1.29, 1.82) is 0 Å². The predicted octanol–water partition coefficient (Wildman–Crippen LogP) is 1.72. The molecule has 0 saturated carbocycles. The summed E-state index contributed by atoms with van der Waals surface area (Å²) in [5.74, 6) is 0.399. The minimum absolute atomic E-state index is 0.173. The Morgan fingerprint density at radius 1 is 1.24 bits per heavy atom. The van der Waals surface area contributed by atoms with Gasteiger partial charge in [0.15, 0.2) is 0 Å². The Morgan fingerprint density at radius 2 is 1.90 bits per heavy atom. The van der Waals surface area contributed by atoms with Gasteiger partial charge in [0, 0.05) is 6.42 Å². The highest BCUT2D eigenvalue weighted by molar-refractivity contribution is 7.95. The molecule has 1 N–H and O–H groups in total. The number of benzene rings is 1. The maximum Gasteiger partial charge on any atom is 0.408 e. The van der Waals surface area contributed by atoms with Gasteiger partial charge >= 0.3 is 12.1 Å². The fourth-order valence-electron chi connectivity index (χ4n) is 1.65. The van der Waals surface area contributed by atoms with E-state index >= 15 is 0 Å². The molecule has 1 atom stereocenters. The van der Waals surface area contributed by atoms with Crippen LogP contribution >= 0.6 is 0 Å². The zero-order chi connectivity index (χ0) is 15.7. The van der Waals surface area contributed by atoms with Gasteiger partial charge in [-0.1, -0.05) is 30.3 Å². The van der Waals surface area contributed by atoms with Crippen molar-refractivity contribution in [3.8, 4) is 0 Å². The van der Waals surface area contributed by atoms with Crippen LogP contribution in [-0.4, -0.2) is 43.5 Å². The molecule has 116 valence electrons. The summed E-state index contributed by atoms with van der Waals surface area (Å²) in [4.78, 5) is 23.4. The quantitative estimate of drug-likeness (QED) is 0.615. The van der Waals surface area contributed by atoms with Gasteiger partial charge in [-0.05, 0) is 16.5 Å². The average molecular weight is 312 g/mol. The highest BCUT2D eigenvalue weighted by atomic mass is 32.2. The molecule has 0 saturated heterocycles. The molecule has 0 aliphatic rings. The van der Waals surface area contributed by atoms with Crippen molar-refractivity contribution in [2.75, 3.05) is 25.4 Å². The first-order valence-corrected chi connectivity index (χ1v) is 8.83. The lowest BCUT2D eigenvalue weighted by Gasteiger charge is -2.15. The summed E-state index contributed by atoms with van der Waals surface area (Å²) in [6.45, 7) is 0.173. The number of hydrogen-bond acceptors (Lipinski definition) is 4. The van der Waals surface area contributed by atoms with E-state index in [1.807, 2.05) is 30.3 Å². The topological polar surface area (TPSA) is 64.6 Å². The van der Waals surface area contributed by atoms with Crippen molar-refractivity contribution in [3.05, 3.63) is 35.9 Å². The fourth-order valence-corrected chi connectivity index (χ4v) is 2.36. The van der Waals surface area contributed by atoms with Crippen LogP contribution in [0.25, 0.3) is 0 Å². The summed E-state index contributed by atoms with van der Waals surface area (Å²) in [7, 11) is 1.51. The van der Waals surface area contributed by atoms with Gasteiger partial charge in [0.25, 0.3) is 0 Å². The Morgan fingerprint density at radius 3 is 2.48 bits per heavy atom. The molecule has 0 radical (unpaired) electrons. The molecule has 0 spiro atoms. The number of nitrogens with one attached hydrogen (secondary N) is 1. The van der Waals surface area contributed by atoms with E-state index in [2.05, 4.69) is 17.8 Å². The van der Waals surface area contributed by atoms with E-state index in [0.717, 1.165) is 11.3 Å². The van der Waals surface area contributed by atoms with Gasteiger partial charge in [0.05, 0.1) is 19.6 Å². The van der Waals surface area contributed by atoms with Gasteiger partial charge in [0.1, 0.15) is 18.4 Å². The van der Waals surface area contributed by atoms with Crippen LogP contribution < -0.4 is 5.32 Å². The number of esters is 1. The van der Waals surface area contributed by atoms with Crippen LogP contribution in [0.2, 0.25) is 0 Å². The van der Waals surface area contributed by atoms with Gasteiger partial charge in [-0.3, -0.25) is 0 Å². The lowest BCUT2D eigenvalue weighted by atomic mass is 10.2. The van der Waals surface area contributed by atoms with Crippen LogP contribution in [0.15, 0.2) is 30.3 Å². The molecule has 0 aliphatic carbocycles. The average Bonchev–Trinajstić information content (AvgIpc) is 2.49. The molecule has 1 aromatic carbocycles. The number of methoxy groups -OCH3 is 1. The van der Waals surface area contributed by atoms with Crippen molar-refractivity contribution in [2.45, 2.75) is 19.1 Å². The fraction of sp³-hybridized carbons (Fsp3) is 0.467. The molecule has 21 heavy (non-hydrogen) atoms. The van der Waals surface area contributed by atoms with E-state index in [1.165, 1.54) is 7.11 Å². The van der Waals surface area contributed by atoms with Crippen molar-refractivity contribution in [1.82, 2.24) is 5.32 Å². The maximum atomic E-state index is 11.8. The molecule has 5 nitrogen and oxygen atoms in total. The minimum atomic E-state index is -0.659. The Kier molecular flexibility index (Phi) is 7.68. The normalized spacial score (nSPS) is 11.8. The zero-order valence-corrected chi connectivity index (χ0v) is 13.4. The van der Waals surface area contributed by atoms with E-state index in [1.54, 1.807) is 0 Å². The Bertz CT molecular complexity index is 450. The number of ether oxygens (including phenoxy) is 2. The molecule has 1 aromatic rings. The third kappa shape index (κ3) is 7.04. The van der Waals surface area contributed by atoms with Crippen LogP contribution in [0.4, 0.5) is 4.79 Å². The van der Waals surface area contributed by atoms with E-state index < -0.39 is 18.1 Å². The molecule has 1 rings (SSSR count). The first kappa shape index (κ1) is 17.4. The zero-order valence-electron chi connectivity index (χ0n) is 12.6. The number of alkyl carbamates (subject to hydrolysis) is 1.